The van der Waals surface area contributed by atoms with E-state index in [9.17, 15) is 72.5 Å². The number of hydrogen-bond acceptors (Lipinski definition) is 17. The Morgan fingerprint density at radius 2 is 1.33 bits per heavy atom. The Bertz CT molecular complexity index is 2360. The number of carboxylic acids is 2. The van der Waals surface area contributed by atoms with Crippen LogP contribution >= 0.6 is 21.6 Å². The molecule has 2 aliphatic rings. The Morgan fingerprint density at radius 3 is 1.93 bits per heavy atom. The zero-order chi connectivity index (χ0) is 56.6. The van der Waals surface area contributed by atoms with E-state index in [1.165, 1.54) is 31.4 Å². The third-order valence-corrected chi connectivity index (χ3v) is 13.7. The van der Waals surface area contributed by atoms with Gasteiger partial charge in [-0.15, -0.1) is 0 Å². The Kier molecular flexibility index (Phi) is 25.5. The highest BCUT2D eigenvalue weighted by Gasteiger charge is 2.40. The van der Waals surface area contributed by atoms with Gasteiger partial charge in [-0.2, -0.15) is 0 Å². The van der Waals surface area contributed by atoms with Crippen molar-refractivity contribution in [2.24, 2.45) is 27.9 Å². The number of fused-ring (bicyclic) bond motifs is 1. The van der Waals surface area contributed by atoms with E-state index in [1.54, 1.807) is 0 Å². The first kappa shape index (κ1) is 62.4. The quantitative estimate of drug-likeness (QED) is 0.0317. The van der Waals surface area contributed by atoms with Gasteiger partial charge < -0.3 is 85.3 Å². The fourth-order valence-electron chi connectivity index (χ4n) is 7.55. The highest BCUT2D eigenvalue weighted by Crippen LogP contribution is 2.24. The average Bonchev–Trinajstić information content (AvgIpc) is 3.84. The number of amides is 11. The minimum atomic E-state index is -1.92. The highest BCUT2D eigenvalue weighted by molar-refractivity contribution is 8.76. The van der Waals surface area contributed by atoms with Crippen LogP contribution < -0.4 is 70.2 Å². The first-order valence-corrected chi connectivity index (χ1v) is 26.0. The van der Waals surface area contributed by atoms with E-state index in [2.05, 4.69) is 47.5 Å². The van der Waals surface area contributed by atoms with E-state index in [-0.39, 0.29) is 62.7 Å². The lowest BCUT2D eigenvalue weighted by atomic mass is 10.0. The Morgan fingerprint density at radius 1 is 0.724 bits per heavy atom. The molecule has 76 heavy (non-hydrogen) atoms. The number of nitrogens with two attached hydrogens (primary N) is 4. The first-order valence-electron chi connectivity index (χ1n) is 23.5. The molecule has 18 N–H and O–H groups in total. The van der Waals surface area contributed by atoms with E-state index < -0.39 is 157 Å². The molecular formula is C44H64N14O16S2. The molecule has 0 unspecified atom stereocenters. The van der Waals surface area contributed by atoms with Crippen molar-refractivity contribution >= 4 is 104 Å². The van der Waals surface area contributed by atoms with Crippen LogP contribution in [0.5, 0.6) is 5.75 Å². The van der Waals surface area contributed by atoms with Gasteiger partial charge in [0.05, 0.1) is 26.5 Å². The van der Waals surface area contributed by atoms with Crippen LogP contribution in [0.1, 0.15) is 63.9 Å². The number of aliphatic carboxylic acids is 2. The highest BCUT2D eigenvalue weighted by atomic mass is 33.1. The summed E-state index contributed by atoms with van der Waals surface area (Å²) >= 11 is 0. The van der Waals surface area contributed by atoms with E-state index in [0.29, 0.717) is 11.3 Å². The van der Waals surface area contributed by atoms with Crippen molar-refractivity contribution < 1.29 is 77.3 Å². The van der Waals surface area contributed by atoms with E-state index >= 15 is 0 Å². The van der Waals surface area contributed by atoms with Crippen LogP contribution in [0.25, 0.3) is 0 Å². The van der Waals surface area contributed by atoms with Crippen molar-refractivity contribution in [2.45, 2.75) is 113 Å². The maximum absolute atomic E-state index is 14.1. The number of primary amides is 2. The number of hydrogen-bond donors (Lipinski definition) is 14. The molecule has 2 heterocycles. The van der Waals surface area contributed by atoms with Crippen molar-refractivity contribution in [3.63, 3.8) is 0 Å². The number of carbonyl (C=O) groups excluding carboxylic acids is 11. The number of methoxy groups -OCH3 is 1. The lowest BCUT2D eigenvalue weighted by molar-refractivity contribution is -0.143. The molecule has 1 aromatic carbocycles. The van der Waals surface area contributed by atoms with Crippen molar-refractivity contribution in [2.75, 3.05) is 38.2 Å². The van der Waals surface area contributed by atoms with Gasteiger partial charge in [-0.05, 0) is 49.8 Å². The van der Waals surface area contributed by atoms with E-state index in [1.807, 2.05) is 0 Å². The van der Waals surface area contributed by atoms with Gasteiger partial charge in [-0.25, -0.2) is 0 Å². The normalized spacial score (nSPS) is 24.1. The molecule has 0 aliphatic carbocycles. The summed E-state index contributed by atoms with van der Waals surface area (Å²) in [4.78, 5) is 177. The molecule has 0 saturated carbocycles. The Labute approximate surface area is 442 Å². The number of nitrogens with one attached hydrogen (secondary N) is 8. The predicted octanol–water partition coefficient (Wildman–Crippen LogP) is -6.09. The molecule has 1 aromatic rings. The summed E-state index contributed by atoms with van der Waals surface area (Å²) in [5, 5.41) is 38.3. The van der Waals surface area contributed by atoms with Gasteiger partial charge in [0.25, 0.3) is 0 Å². The zero-order valence-electron chi connectivity index (χ0n) is 41.5. The van der Waals surface area contributed by atoms with Crippen molar-refractivity contribution in [1.29, 1.82) is 0 Å². The Balaban J connectivity index is 2.11. The number of ether oxygens (including phenoxy) is 1. The topological polar surface area (TPSA) is 488 Å². The summed E-state index contributed by atoms with van der Waals surface area (Å²) in [5.74, 6) is -14.5. The lowest BCUT2D eigenvalue weighted by Crippen LogP contribution is -2.59. The molecular weight excluding hydrogens is 1040 g/mol. The second-order valence-electron chi connectivity index (χ2n) is 17.3. The third kappa shape index (κ3) is 21.5. The summed E-state index contributed by atoms with van der Waals surface area (Å²) in [6, 6.07) is -6.52. The standard InChI is InChI=1S/C44H64N14O16S2/c1-21(59)51-30-20-76-75-19-29(36(46)66)57-38(68)25(11-12-34(62)63)53-39(69)26(15-22-7-9-23(74-2)10-8-22)55-40(70)27(17-35(64)65)52-33(61)18-50-37(67)24(5-3-13-49-44(47)48)54-42(72)31-6-4-14-58(31)43(73)28(16-32(45)60)56-41(30)71/h7-10,24-31H,3-6,11-20H2,1-2H3,(H2,45,60)(H2,46,66)(H,50,67)(H,51,59)(H,52,61)(H,53,69)(H,54,72)(H,55,70)(H,56,71)(H,57,68)(H,62,63)(H,64,65)(H4,47,48,49)/t24-,25-,26-,27-,28-,29-,30-,31-/m0/s1. The zero-order valence-corrected chi connectivity index (χ0v) is 43.1. The van der Waals surface area contributed by atoms with Crippen LogP contribution in [0.4, 0.5) is 0 Å². The van der Waals surface area contributed by atoms with Crippen molar-refractivity contribution in [1.82, 2.24) is 47.4 Å². The summed E-state index contributed by atoms with van der Waals surface area (Å²) in [6.07, 6.45) is -3.21. The van der Waals surface area contributed by atoms with Gasteiger partial charge in [-0.1, -0.05) is 33.7 Å². The fourth-order valence-corrected chi connectivity index (χ4v) is 9.89. The number of rotatable bonds is 16. The lowest BCUT2D eigenvalue weighted by Gasteiger charge is -2.30. The van der Waals surface area contributed by atoms with E-state index in [0.717, 1.165) is 33.4 Å². The molecule has 30 nitrogen and oxygen atoms in total. The largest absolute Gasteiger partial charge is 0.497 e. The monoisotopic (exact) mass is 1110 g/mol. The van der Waals surface area contributed by atoms with Crippen LogP contribution in [-0.2, 0) is 68.7 Å². The maximum atomic E-state index is 14.1. The van der Waals surface area contributed by atoms with Gasteiger partial charge in [0, 0.05) is 44.4 Å². The summed E-state index contributed by atoms with van der Waals surface area (Å²) in [5.41, 5.74) is 22.3. The second kappa shape index (κ2) is 31.1. The molecule has 11 amide bonds. The van der Waals surface area contributed by atoms with Gasteiger partial charge in [0.15, 0.2) is 5.96 Å². The average molecular weight is 1110 g/mol. The number of carbonyl (C=O) groups is 13. The molecule has 2 saturated heterocycles. The summed E-state index contributed by atoms with van der Waals surface area (Å²) in [7, 11) is 3.16. The van der Waals surface area contributed by atoms with Crippen LogP contribution in [0.2, 0.25) is 0 Å². The summed E-state index contributed by atoms with van der Waals surface area (Å²) in [6.45, 7) is 0.109. The van der Waals surface area contributed by atoms with Gasteiger partial charge in [-0.3, -0.25) is 67.3 Å². The molecule has 0 aromatic heterocycles. The number of benzene rings is 1. The van der Waals surface area contributed by atoms with Gasteiger partial charge in [0.2, 0.25) is 65.0 Å². The fraction of sp³-hybridized carbons (Fsp3) is 0.545. The first-order chi connectivity index (χ1) is 35.9. The van der Waals surface area contributed by atoms with E-state index in [4.69, 9.17) is 27.7 Å². The minimum absolute atomic E-state index is 0.0186. The molecule has 32 heteroatoms. The number of guanidine groups is 1. The number of carboxylic acid groups (broad SMARTS) is 2. The van der Waals surface area contributed by atoms with Crippen LogP contribution in [0.3, 0.4) is 0 Å². The SMILES string of the molecule is COc1ccc(C[C@@H]2NC(=O)[C@H](CC(=O)O)NC(=O)CNC(=O)[C@H](CCCN=C(N)N)NC(=O)[C@@H]3CCCN3C(=O)[C@H](CC(N)=O)NC(=O)[C@@H](NC(C)=O)CSSC[C@@H](C(N)=O)NC(=O)[C@H](CCC(=O)O)NC2=O)cc1. The summed E-state index contributed by atoms with van der Waals surface area (Å²) < 4.78 is 5.19. The van der Waals surface area contributed by atoms with Crippen LogP contribution in [-0.4, -0.2) is 185 Å². The predicted molar refractivity (Wildman–Crippen MR) is 271 cm³/mol. The number of nitrogens with zero attached hydrogens (tertiary/aromatic N) is 2. The molecule has 0 spiro atoms. The second-order valence-corrected chi connectivity index (χ2v) is 19.8. The van der Waals surface area contributed by atoms with Gasteiger partial charge >= 0.3 is 11.9 Å². The minimum Gasteiger partial charge on any atom is -0.497 e. The third-order valence-electron chi connectivity index (χ3n) is 11.3. The van der Waals surface area contributed by atoms with Crippen molar-refractivity contribution in [3.8, 4) is 5.75 Å². The Hall–Kier alpha value is -7.90. The van der Waals surface area contributed by atoms with Gasteiger partial charge in [0.1, 0.15) is 54.1 Å². The molecule has 0 radical (unpaired) electrons. The molecule has 3 rings (SSSR count). The molecule has 2 fully saturated rings. The molecule has 8 atom stereocenters. The molecule has 418 valence electrons. The van der Waals surface area contributed by atoms with Crippen LogP contribution in [0, 0.1) is 0 Å². The maximum Gasteiger partial charge on any atom is 0.305 e. The molecule has 0 bridgehead atoms. The van der Waals surface area contributed by atoms with Crippen molar-refractivity contribution in [3.05, 3.63) is 29.8 Å². The molecule has 2 aliphatic heterocycles. The van der Waals surface area contributed by atoms with Crippen LogP contribution in [0.15, 0.2) is 29.3 Å². The smallest absolute Gasteiger partial charge is 0.305 e. The number of aliphatic imine (C=N–C) groups is 1.